The van der Waals surface area contributed by atoms with Gasteiger partial charge in [0, 0.05) is 5.02 Å². The number of aryl methyl sites for hydroxylation is 2. The molecule has 0 saturated heterocycles. The summed E-state index contributed by atoms with van der Waals surface area (Å²) in [6.07, 6.45) is 0.700. The van der Waals surface area contributed by atoms with E-state index >= 15 is 0 Å². The average molecular weight is 529 g/mol. The highest BCUT2D eigenvalue weighted by molar-refractivity contribution is 7.92. The van der Waals surface area contributed by atoms with E-state index in [-0.39, 0.29) is 17.5 Å². The van der Waals surface area contributed by atoms with Gasteiger partial charge in [-0.05, 0) is 91.4 Å². The minimum atomic E-state index is -4.03. The van der Waals surface area contributed by atoms with Gasteiger partial charge < -0.3 is 10.1 Å². The number of anilines is 1. The van der Waals surface area contributed by atoms with Gasteiger partial charge in [0.1, 0.15) is 12.3 Å². The number of methoxy groups -OCH3 is 1. The number of amides is 1. The van der Waals surface area contributed by atoms with Crippen LogP contribution in [-0.4, -0.2) is 28.0 Å². The third kappa shape index (κ3) is 6.80. The molecule has 3 rings (SSSR count). The Hall–Kier alpha value is -3.03. The number of nitrogens with zero attached hydrogens (tertiary/aromatic N) is 1. The Labute approximate surface area is 219 Å². The molecule has 3 aromatic rings. The summed E-state index contributed by atoms with van der Waals surface area (Å²) in [5, 5.41) is 3.49. The van der Waals surface area contributed by atoms with E-state index in [0.29, 0.717) is 23.0 Å². The molecule has 0 aliphatic heterocycles. The molecule has 0 aliphatic rings. The maximum absolute atomic E-state index is 13.7. The van der Waals surface area contributed by atoms with Gasteiger partial charge in [0.25, 0.3) is 10.0 Å². The van der Waals surface area contributed by atoms with Crippen LogP contribution < -0.4 is 14.4 Å². The van der Waals surface area contributed by atoms with Crippen molar-refractivity contribution in [3.63, 3.8) is 0 Å². The summed E-state index contributed by atoms with van der Waals surface area (Å²) in [5.74, 6) is 0.640. The zero-order valence-electron chi connectivity index (χ0n) is 21.3. The first kappa shape index (κ1) is 27.6. The molecule has 0 saturated carbocycles. The monoisotopic (exact) mass is 528 g/mol. The van der Waals surface area contributed by atoms with Crippen LogP contribution in [0.25, 0.3) is 0 Å². The number of ether oxygens (including phenoxy) is 1. The number of hydrogen-bond acceptors (Lipinski definition) is 4. The fraction of sp³-hybridized carbons (Fsp3) is 0.321. The molecule has 0 aromatic heterocycles. The minimum absolute atomic E-state index is 0.0619. The first-order valence-corrected chi connectivity index (χ1v) is 13.6. The van der Waals surface area contributed by atoms with Gasteiger partial charge in [-0.3, -0.25) is 9.10 Å². The number of sulfonamides is 1. The molecule has 0 aliphatic carbocycles. The van der Waals surface area contributed by atoms with Gasteiger partial charge in [-0.2, -0.15) is 0 Å². The number of rotatable bonds is 10. The highest BCUT2D eigenvalue weighted by atomic mass is 35.5. The molecule has 1 N–H and O–H groups in total. The molecule has 8 heteroatoms. The Morgan fingerprint density at radius 2 is 1.61 bits per heavy atom. The first-order chi connectivity index (χ1) is 17.0. The molecule has 36 heavy (non-hydrogen) atoms. The number of hydrogen-bond donors (Lipinski definition) is 1. The van der Waals surface area contributed by atoms with Crippen molar-refractivity contribution in [1.29, 1.82) is 0 Å². The van der Waals surface area contributed by atoms with Gasteiger partial charge in [0.15, 0.2) is 0 Å². The topological polar surface area (TPSA) is 75.7 Å². The van der Waals surface area contributed by atoms with E-state index in [1.54, 1.807) is 19.2 Å². The smallest absolute Gasteiger partial charge is 0.264 e. The second-order valence-electron chi connectivity index (χ2n) is 9.26. The van der Waals surface area contributed by atoms with Crippen molar-refractivity contribution in [1.82, 2.24) is 5.32 Å². The molecule has 0 heterocycles. The van der Waals surface area contributed by atoms with Crippen LogP contribution >= 0.6 is 11.6 Å². The van der Waals surface area contributed by atoms with Crippen molar-refractivity contribution in [3.05, 3.63) is 88.4 Å². The van der Waals surface area contributed by atoms with Crippen LogP contribution in [0.15, 0.2) is 71.6 Å². The molecule has 1 atom stereocenters. The second-order valence-corrected chi connectivity index (χ2v) is 11.6. The molecule has 0 bridgehead atoms. The number of halogens is 1. The van der Waals surface area contributed by atoms with Crippen molar-refractivity contribution in [2.75, 3.05) is 18.0 Å². The van der Waals surface area contributed by atoms with Crippen LogP contribution in [0, 0.1) is 19.8 Å². The first-order valence-electron chi connectivity index (χ1n) is 11.8. The van der Waals surface area contributed by atoms with E-state index in [9.17, 15) is 13.2 Å². The molecule has 0 spiro atoms. The summed E-state index contributed by atoms with van der Waals surface area (Å²) < 4.78 is 33.7. The van der Waals surface area contributed by atoms with E-state index in [1.165, 1.54) is 24.3 Å². The number of carbonyl (C=O) groups is 1. The Kier molecular flexibility index (Phi) is 9.03. The predicted molar refractivity (Wildman–Crippen MR) is 145 cm³/mol. The van der Waals surface area contributed by atoms with Crippen molar-refractivity contribution < 1.29 is 17.9 Å². The van der Waals surface area contributed by atoms with Crippen LogP contribution in [0.1, 0.15) is 43.0 Å². The Bertz CT molecular complexity index is 1290. The van der Waals surface area contributed by atoms with Crippen LogP contribution in [0.4, 0.5) is 5.69 Å². The lowest BCUT2D eigenvalue weighted by Crippen LogP contribution is -2.42. The van der Waals surface area contributed by atoms with Crippen molar-refractivity contribution in [2.45, 2.75) is 45.1 Å². The summed E-state index contributed by atoms with van der Waals surface area (Å²) in [5.41, 5.74) is 3.31. The quantitative estimate of drug-likeness (QED) is 0.347. The zero-order valence-corrected chi connectivity index (χ0v) is 22.9. The van der Waals surface area contributed by atoms with Crippen molar-refractivity contribution in [2.24, 2.45) is 5.92 Å². The van der Waals surface area contributed by atoms with Crippen LogP contribution in [0.3, 0.4) is 0 Å². The third-order valence-corrected chi connectivity index (χ3v) is 8.07. The lowest BCUT2D eigenvalue weighted by atomic mass is 9.97. The summed E-state index contributed by atoms with van der Waals surface area (Å²) in [6.45, 7) is 7.66. The minimum Gasteiger partial charge on any atom is -0.497 e. The van der Waals surface area contributed by atoms with E-state index in [0.717, 1.165) is 26.7 Å². The Morgan fingerprint density at radius 1 is 0.972 bits per heavy atom. The predicted octanol–water partition coefficient (Wildman–Crippen LogP) is 6.06. The molecular formula is C28H33ClN2O4S. The summed E-state index contributed by atoms with van der Waals surface area (Å²) in [6, 6.07) is 18.5. The second kappa shape index (κ2) is 11.8. The molecular weight excluding hydrogens is 496 g/mol. The average Bonchev–Trinajstić information content (AvgIpc) is 2.84. The molecule has 0 unspecified atom stereocenters. The van der Waals surface area contributed by atoms with Crippen LogP contribution in [0.5, 0.6) is 5.75 Å². The largest absolute Gasteiger partial charge is 0.497 e. The maximum Gasteiger partial charge on any atom is 0.264 e. The maximum atomic E-state index is 13.7. The fourth-order valence-corrected chi connectivity index (χ4v) is 5.42. The van der Waals surface area contributed by atoms with E-state index < -0.39 is 15.9 Å². The van der Waals surface area contributed by atoms with Gasteiger partial charge in [-0.15, -0.1) is 0 Å². The molecule has 192 valence electrons. The number of carbonyl (C=O) groups excluding carboxylic acids is 1. The van der Waals surface area contributed by atoms with Crippen molar-refractivity contribution >= 4 is 33.2 Å². The standard InChI is InChI=1S/C28H33ClN2O4S/c1-19(2)16-27(22-7-12-25(35-5)13-8-22)30-28(32)18-31(24-11-6-20(3)21(4)17-24)36(33,34)26-14-9-23(29)10-15-26/h6-15,17,19,27H,16,18H2,1-5H3,(H,30,32)/t27-/m1/s1. The zero-order chi connectivity index (χ0) is 26.5. The summed E-state index contributed by atoms with van der Waals surface area (Å²) in [4.78, 5) is 13.4. The van der Waals surface area contributed by atoms with Gasteiger partial charge in [-0.25, -0.2) is 8.42 Å². The van der Waals surface area contributed by atoms with Gasteiger partial charge in [0.05, 0.1) is 23.7 Å². The molecule has 0 radical (unpaired) electrons. The van der Waals surface area contributed by atoms with Crippen LogP contribution in [-0.2, 0) is 14.8 Å². The Balaban J connectivity index is 1.94. The van der Waals surface area contributed by atoms with E-state index in [4.69, 9.17) is 16.3 Å². The Morgan fingerprint density at radius 3 is 2.17 bits per heavy atom. The van der Waals surface area contributed by atoms with Crippen molar-refractivity contribution in [3.8, 4) is 5.75 Å². The molecule has 3 aromatic carbocycles. The van der Waals surface area contributed by atoms with Crippen LogP contribution in [0.2, 0.25) is 5.02 Å². The normalized spacial score (nSPS) is 12.3. The van der Waals surface area contributed by atoms with E-state index in [1.807, 2.05) is 44.2 Å². The highest BCUT2D eigenvalue weighted by Crippen LogP contribution is 2.28. The number of benzene rings is 3. The number of nitrogens with one attached hydrogen (secondary N) is 1. The van der Waals surface area contributed by atoms with Gasteiger partial charge >= 0.3 is 0 Å². The highest BCUT2D eigenvalue weighted by Gasteiger charge is 2.28. The van der Waals surface area contributed by atoms with E-state index in [2.05, 4.69) is 19.2 Å². The van der Waals surface area contributed by atoms with Gasteiger partial charge in [-0.1, -0.05) is 43.6 Å². The summed E-state index contributed by atoms with van der Waals surface area (Å²) >= 11 is 5.98. The SMILES string of the molecule is COc1ccc([C@@H](CC(C)C)NC(=O)CN(c2ccc(C)c(C)c2)S(=O)(=O)c2ccc(Cl)cc2)cc1. The molecule has 6 nitrogen and oxygen atoms in total. The fourth-order valence-electron chi connectivity index (χ4n) is 3.89. The third-order valence-electron chi connectivity index (χ3n) is 6.03. The lowest BCUT2D eigenvalue weighted by molar-refractivity contribution is -0.120. The molecule has 1 amide bonds. The van der Waals surface area contributed by atoms with Gasteiger partial charge in [0.2, 0.25) is 5.91 Å². The molecule has 0 fully saturated rings. The summed E-state index contributed by atoms with van der Waals surface area (Å²) in [7, 11) is -2.43. The lowest BCUT2D eigenvalue weighted by Gasteiger charge is -2.27.